The molecule has 6 nitrogen and oxygen atoms in total. The van der Waals surface area contributed by atoms with Gasteiger partial charge in [-0.05, 0) is 11.6 Å². The maximum Gasteiger partial charge on any atom is 0.248 e. The van der Waals surface area contributed by atoms with Crippen molar-refractivity contribution in [1.82, 2.24) is 9.88 Å². The largest absolute Gasteiger partial charge is 0.375 e. The van der Waals surface area contributed by atoms with E-state index in [0.717, 1.165) is 24.5 Å². The summed E-state index contributed by atoms with van der Waals surface area (Å²) >= 11 is 0. The highest BCUT2D eigenvalue weighted by Gasteiger charge is 2.21. The monoisotopic (exact) mass is 264 g/mol. The van der Waals surface area contributed by atoms with E-state index in [1.807, 2.05) is 17.0 Å². The molecule has 2 rings (SSSR count). The number of carbonyl (C=O) groups is 1. The van der Waals surface area contributed by atoms with Gasteiger partial charge in [-0.2, -0.15) is 0 Å². The van der Waals surface area contributed by atoms with Crippen LogP contribution in [0.3, 0.4) is 0 Å². The molecule has 1 aliphatic heterocycles. The smallest absolute Gasteiger partial charge is 0.248 e. The zero-order chi connectivity index (χ0) is 13.7. The first kappa shape index (κ1) is 13.8. The minimum Gasteiger partial charge on any atom is -0.375 e. The highest BCUT2D eigenvalue weighted by atomic mass is 16.5. The maximum atomic E-state index is 11.7. The molecule has 1 amide bonds. The fourth-order valence-corrected chi connectivity index (χ4v) is 2.12. The second-order valence-corrected chi connectivity index (χ2v) is 4.53. The number of nitrogens with zero attached hydrogens (tertiary/aromatic N) is 3. The Hall–Kier alpha value is -1.66. The second kappa shape index (κ2) is 6.49. The van der Waals surface area contributed by atoms with Crippen LogP contribution < -0.4 is 10.6 Å². The lowest BCUT2D eigenvalue weighted by atomic mass is 10.2. The Morgan fingerprint density at radius 3 is 2.63 bits per heavy atom. The van der Waals surface area contributed by atoms with Crippen LogP contribution in [-0.2, 0) is 16.1 Å². The Morgan fingerprint density at radius 1 is 1.37 bits per heavy atom. The second-order valence-electron chi connectivity index (χ2n) is 4.53. The van der Waals surface area contributed by atoms with E-state index < -0.39 is 0 Å². The Labute approximate surface area is 113 Å². The first-order valence-corrected chi connectivity index (χ1v) is 6.41. The van der Waals surface area contributed by atoms with Gasteiger partial charge in [-0.1, -0.05) is 6.07 Å². The van der Waals surface area contributed by atoms with Gasteiger partial charge in [-0.3, -0.25) is 4.79 Å². The molecule has 1 saturated heterocycles. The third-order valence-corrected chi connectivity index (χ3v) is 3.27. The summed E-state index contributed by atoms with van der Waals surface area (Å²) in [6.45, 7) is 3.68. The molecule has 1 aliphatic rings. The van der Waals surface area contributed by atoms with E-state index in [0.29, 0.717) is 19.6 Å². The van der Waals surface area contributed by atoms with Gasteiger partial charge < -0.3 is 20.3 Å². The average Bonchev–Trinajstić information content (AvgIpc) is 2.48. The number of anilines is 1. The molecule has 0 saturated carbocycles. The molecule has 0 spiro atoms. The molecule has 2 heterocycles. The van der Waals surface area contributed by atoms with E-state index in [4.69, 9.17) is 10.5 Å². The van der Waals surface area contributed by atoms with Crippen LogP contribution in [0, 0.1) is 0 Å². The molecule has 1 aromatic rings. The van der Waals surface area contributed by atoms with Crippen LogP contribution in [0.4, 0.5) is 5.82 Å². The number of amides is 1. The molecule has 0 radical (unpaired) electrons. The van der Waals surface area contributed by atoms with E-state index in [-0.39, 0.29) is 12.5 Å². The highest BCUT2D eigenvalue weighted by molar-refractivity contribution is 5.77. The quantitative estimate of drug-likeness (QED) is 0.818. The number of pyridine rings is 1. The molecule has 0 atom stereocenters. The Balaban J connectivity index is 1.90. The SMILES string of the molecule is COCC(=O)N1CCN(c2ccc(CN)cn2)CC1. The topological polar surface area (TPSA) is 71.7 Å². The van der Waals surface area contributed by atoms with Crippen molar-refractivity contribution in [3.8, 4) is 0 Å². The number of hydrogen-bond donors (Lipinski definition) is 1. The molecule has 6 heteroatoms. The third-order valence-electron chi connectivity index (χ3n) is 3.27. The van der Waals surface area contributed by atoms with Crippen molar-refractivity contribution in [2.75, 3.05) is 44.8 Å². The minimum atomic E-state index is 0.0496. The molecule has 0 unspecified atom stereocenters. The molecule has 19 heavy (non-hydrogen) atoms. The number of rotatable bonds is 4. The highest BCUT2D eigenvalue weighted by Crippen LogP contribution is 2.14. The normalized spacial score (nSPS) is 15.7. The van der Waals surface area contributed by atoms with Crippen molar-refractivity contribution in [3.05, 3.63) is 23.9 Å². The number of carbonyl (C=O) groups excluding carboxylic acids is 1. The number of ether oxygens (including phenoxy) is 1. The van der Waals surface area contributed by atoms with Crippen molar-refractivity contribution < 1.29 is 9.53 Å². The van der Waals surface area contributed by atoms with E-state index in [1.54, 1.807) is 6.20 Å². The van der Waals surface area contributed by atoms with Gasteiger partial charge in [-0.15, -0.1) is 0 Å². The molecule has 104 valence electrons. The van der Waals surface area contributed by atoms with E-state index in [1.165, 1.54) is 7.11 Å². The number of piperazine rings is 1. The lowest BCUT2D eigenvalue weighted by molar-refractivity contribution is -0.135. The fraction of sp³-hybridized carbons (Fsp3) is 0.538. The molecule has 0 bridgehead atoms. The summed E-state index contributed by atoms with van der Waals surface area (Å²) in [5.41, 5.74) is 6.57. The molecule has 1 fully saturated rings. The summed E-state index contributed by atoms with van der Waals surface area (Å²) in [5, 5.41) is 0. The van der Waals surface area contributed by atoms with Gasteiger partial charge >= 0.3 is 0 Å². The van der Waals surface area contributed by atoms with E-state index in [9.17, 15) is 4.79 Å². The van der Waals surface area contributed by atoms with Crippen LogP contribution in [0.2, 0.25) is 0 Å². The summed E-state index contributed by atoms with van der Waals surface area (Å²) in [5.74, 6) is 0.990. The number of nitrogens with two attached hydrogens (primary N) is 1. The first-order valence-electron chi connectivity index (χ1n) is 6.41. The molecule has 2 N–H and O–H groups in total. The van der Waals surface area contributed by atoms with Gasteiger partial charge in [0.25, 0.3) is 0 Å². The number of methoxy groups -OCH3 is 1. The number of hydrogen-bond acceptors (Lipinski definition) is 5. The zero-order valence-corrected chi connectivity index (χ0v) is 11.2. The van der Waals surface area contributed by atoms with Crippen molar-refractivity contribution >= 4 is 11.7 Å². The molecular formula is C13H20N4O2. The van der Waals surface area contributed by atoms with E-state index in [2.05, 4.69) is 9.88 Å². The molecular weight excluding hydrogens is 244 g/mol. The minimum absolute atomic E-state index is 0.0496. The van der Waals surface area contributed by atoms with Gasteiger partial charge in [0.2, 0.25) is 5.91 Å². The third kappa shape index (κ3) is 3.42. The predicted molar refractivity (Wildman–Crippen MR) is 72.8 cm³/mol. The van der Waals surface area contributed by atoms with Gasteiger partial charge in [0, 0.05) is 46.0 Å². The Kier molecular flexibility index (Phi) is 4.70. The molecule has 0 aromatic carbocycles. The summed E-state index contributed by atoms with van der Waals surface area (Å²) in [4.78, 5) is 20.1. The standard InChI is InChI=1S/C13H20N4O2/c1-19-10-13(18)17-6-4-16(5-7-17)12-3-2-11(8-14)9-15-12/h2-3,9H,4-8,10,14H2,1H3. The lowest BCUT2D eigenvalue weighted by Crippen LogP contribution is -2.49. The van der Waals surface area contributed by atoms with Crippen LogP contribution in [-0.4, -0.2) is 55.7 Å². The maximum absolute atomic E-state index is 11.7. The summed E-state index contributed by atoms with van der Waals surface area (Å²) in [6.07, 6.45) is 1.80. The summed E-state index contributed by atoms with van der Waals surface area (Å²) in [7, 11) is 1.54. The lowest BCUT2D eigenvalue weighted by Gasteiger charge is -2.35. The Morgan fingerprint density at radius 2 is 2.11 bits per heavy atom. The fourth-order valence-electron chi connectivity index (χ4n) is 2.12. The molecule has 0 aliphatic carbocycles. The first-order chi connectivity index (χ1) is 9.24. The predicted octanol–water partition coefficient (Wildman–Crippen LogP) is -0.165. The summed E-state index contributed by atoms with van der Waals surface area (Å²) in [6, 6.07) is 3.97. The van der Waals surface area contributed by atoms with Gasteiger partial charge in [0.05, 0.1) is 0 Å². The van der Waals surface area contributed by atoms with Crippen molar-refractivity contribution in [3.63, 3.8) is 0 Å². The van der Waals surface area contributed by atoms with Crippen LogP contribution in [0.5, 0.6) is 0 Å². The van der Waals surface area contributed by atoms with Crippen LogP contribution >= 0.6 is 0 Å². The van der Waals surface area contributed by atoms with Crippen LogP contribution in [0.25, 0.3) is 0 Å². The Bertz CT molecular complexity index is 413. The average molecular weight is 264 g/mol. The van der Waals surface area contributed by atoms with Crippen LogP contribution in [0.1, 0.15) is 5.56 Å². The molecule has 1 aromatic heterocycles. The van der Waals surface area contributed by atoms with Crippen molar-refractivity contribution in [1.29, 1.82) is 0 Å². The van der Waals surface area contributed by atoms with Crippen molar-refractivity contribution in [2.45, 2.75) is 6.54 Å². The zero-order valence-electron chi connectivity index (χ0n) is 11.2. The number of aromatic nitrogens is 1. The van der Waals surface area contributed by atoms with E-state index >= 15 is 0 Å². The summed E-state index contributed by atoms with van der Waals surface area (Å²) < 4.78 is 4.86. The van der Waals surface area contributed by atoms with Crippen LogP contribution in [0.15, 0.2) is 18.3 Å². The van der Waals surface area contributed by atoms with Gasteiger partial charge in [-0.25, -0.2) is 4.98 Å². The van der Waals surface area contributed by atoms with Gasteiger partial charge in [0.15, 0.2) is 0 Å². The van der Waals surface area contributed by atoms with Gasteiger partial charge in [0.1, 0.15) is 12.4 Å². The van der Waals surface area contributed by atoms with Crippen molar-refractivity contribution in [2.24, 2.45) is 5.73 Å².